The second kappa shape index (κ2) is 6.20. The molecule has 2 aromatic heterocycles. The summed E-state index contributed by atoms with van der Waals surface area (Å²) in [6.45, 7) is 4.83. The molecule has 0 unspecified atom stereocenters. The topological polar surface area (TPSA) is 75.1 Å². The first-order valence-electron chi connectivity index (χ1n) is 7.79. The number of aliphatic carboxylic acids is 1. The van der Waals surface area contributed by atoms with Gasteiger partial charge in [0.15, 0.2) is 0 Å². The highest BCUT2D eigenvalue weighted by Gasteiger charge is 2.23. The number of hydrogen-bond acceptors (Lipinski definition) is 5. The van der Waals surface area contributed by atoms with Crippen LogP contribution in [0.3, 0.4) is 0 Å². The van der Waals surface area contributed by atoms with Gasteiger partial charge in [0, 0.05) is 17.8 Å². The molecule has 0 bridgehead atoms. The molecule has 0 fully saturated rings. The van der Waals surface area contributed by atoms with Gasteiger partial charge in [-0.1, -0.05) is 6.92 Å². The first-order valence-corrected chi connectivity index (χ1v) is 8.60. The van der Waals surface area contributed by atoms with Crippen molar-refractivity contribution in [2.45, 2.75) is 46.0 Å². The normalized spacial score (nSPS) is 17.5. The van der Waals surface area contributed by atoms with E-state index >= 15 is 0 Å². The molecule has 0 saturated carbocycles. The van der Waals surface area contributed by atoms with Crippen LogP contribution in [0.5, 0.6) is 0 Å². The summed E-state index contributed by atoms with van der Waals surface area (Å²) in [4.78, 5) is 22.3. The van der Waals surface area contributed by atoms with E-state index in [-0.39, 0.29) is 6.42 Å². The van der Waals surface area contributed by atoms with Crippen LogP contribution in [0.1, 0.15) is 42.5 Å². The Morgan fingerprint density at radius 2 is 2.27 bits per heavy atom. The fraction of sp³-hybridized carbons (Fsp3) is 0.562. The van der Waals surface area contributed by atoms with E-state index in [1.807, 2.05) is 6.92 Å². The maximum Gasteiger partial charge on any atom is 0.303 e. The van der Waals surface area contributed by atoms with Gasteiger partial charge in [-0.25, -0.2) is 9.97 Å². The molecule has 0 radical (unpaired) electrons. The number of nitrogens with zero attached hydrogens (tertiary/aromatic N) is 2. The van der Waals surface area contributed by atoms with Gasteiger partial charge in [-0.3, -0.25) is 4.79 Å². The number of carboxylic acid groups (broad SMARTS) is 1. The summed E-state index contributed by atoms with van der Waals surface area (Å²) in [6.07, 6.45) is 4.22. The molecule has 0 spiro atoms. The Morgan fingerprint density at radius 1 is 1.45 bits per heavy atom. The lowest BCUT2D eigenvalue weighted by Crippen LogP contribution is -2.10. The predicted octanol–water partition coefficient (Wildman–Crippen LogP) is 3.40. The van der Waals surface area contributed by atoms with E-state index < -0.39 is 5.97 Å². The number of thiophene rings is 1. The standard InChI is InChI=1S/C16H21N3O2S/c1-9-5-6-11-12(8-9)22-16-14(11)15(18-10(2)19-16)17-7-3-4-13(20)21/h9H,3-8H2,1-2H3,(H,20,21)(H,17,18,19)/t9-/m1/s1. The largest absolute Gasteiger partial charge is 0.481 e. The molecule has 2 N–H and O–H groups in total. The predicted molar refractivity (Wildman–Crippen MR) is 88.7 cm³/mol. The number of aromatic nitrogens is 2. The molecule has 6 heteroatoms. The minimum Gasteiger partial charge on any atom is -0.481 e. The molecule has 118 valence electrons. The average Bonchev–Trinajstić information content (AvgIpc) is 2.79. The Balaban J connectivity index is 1.90. The number of hydrogen-bond donors (Lipinski definition) is 2. The third-order valence-corrected chi connectivity index (χ3v) is 5.27. The average molecular weight is 319 g/mol. The minimum absolute atomic E-state index is 0.180. The molecule has 0 saturated heterocycles. The van der Waals surface area contributed by atoms with E-state index in [4.69, 9.17) is 5.11 Å². The third-order valence-electron chi connectivity index (χ3n) is 4.13. The number of carbonyl (C=O) groups is 1. The third kappa shape index (κ3) is 3.06. The zero-order valence-corrected chi connectivity index (χ0v) is 13.8. The van der Waals surface area contributed by atoms with Crippen molar-refractivity contribution >= 4 is 33.3 Å². The summed E-state index contributed by atoms with van der Waals surface area (Å²) < 4.78 is 0. The highest BCUT2D eigenvalue weighted by Crippen LogP contribution is 2.39. The molecule has 3 rings (SSSR count). The van der Waals surface area contributed by atoms with Crippen molar-refractivity contribution in [2.24, 2.45) is 5.92 Å². The molecule has 2 heterocycles. The molecular weight excluding hydrogens is 298 g/mol. The van der Waals surface area contributed by atoms with Crippen molar-refractivity contribution in [3.63, 3.8) is 0 Å². The lowest BCUT2D eigenvalue weighted by atomic mass is 9.89. The van der Waals surface area contributed by atoms with Gasteiger partial charge in [0.2, 0.25) is 0 Å². The summed E-state index contributed by atoms with van der Waals surface area (Å²) in [7, 11) is 0. The molecule has 1 aliphatic carbocycles. The molecule has 1 aliphatic rings. The van der Waals surface area contributed by atoms with Gasteiger partial charge in [0.05, 0.1) is 5.39 Å². The first kappa shape index (κ1) is 15.2. The van der Waals surface area contributed by atoms with Crippen LogP contribution in [-0.4, -0.2) is 27.6 Å². The fourth-order valence-electron chi connectivity index (χ4n) is 3.02. The Bertz CT molecular complexity index is 711. The second-order valence-electron chi connectivity index (χ2n) is 6.08. The van der Waals surface area contributed by atoms with Crippen molar-refractivity contribution in [1.29, 1.82) is 0 Å². The van der Waals surface area contributed by atoms with Gasteiger partial charge < -0.3 is 10.4 Å². The number of fused-ring (bicyclic) bond motifs is 3. The first-order chi connectivity index (χ1) is 10.5. The van der Waals surface area contributed by atoms with Crippen LogP contribution >= 0.6 is 11.3 Å². The van der Waals surface area contributed by atoms with Gasteiger partial charge in [-0.2, -0.15) is 0 Å². The number of nitrogens with one attached hydrogen (secondary N) is 1. The van der Waals surface area contributed by atoms with E-state index in [0.29, 0.717) is 13.0 Å². The number of carboxylic acids is 1. The van der Waals surface area contributed by atoms with Crippen molar-refractivity contribution in [1.82, 2.24) is 9.97 Å². The summed E-state index contributed by atoms with van der Waals surface area (Å²) in [5, 5.41) is 13.2. The van der Waals surface area contributed by atoms with E-state index in [1.165, 1.54) is 16.9 Å². The van der Waals surface area contributed by atoms with E-state index in [9.17, 15) is 4.79 Å². The van der Waals surface area contributed by atoms with Crippen LogP contribution in [0.25, 0.3) is 10.2 Å². The van der Waals surface area contributed by atoms with Crippen molar-refractivity contribution in [3.05, 3.63) is 16.3 Å². The Morgan fingerprint density at radius 3 is 3.05 bits per heavy atom. The summed E-state index contributed by atoms with van der Waals surface area (Å²) in [5.41, 5.74) is 1.40. The molecule has 0 aliphatic heterocycles. The van der Waals surface area contributed by atoms with Crippen molar-refractivity contribution in [3.8, 4) is 0 Å². The molecule has 5 nitrogen and oxygen atoms in total. The lowest BCUT2D eigenvalue weighted by molar-refractivity contribution is -0.137. The van der Waals surface area contributed by atoms with Crippen LogP contribution in [0.15, 0.2) is 0 Å². The van der Waals surface area contributed by atoms with E-state index in [1.54, 1.807) is 11.3 Å². The molecule has 0 amide bonds. The Kier molecular flexibility index (Phi) is 4.29. The lowest BCUT2D eigenvalue weighted by Gasteiger charge is -2.18. The van der Waals surface area contributed by atoms with Gasteiger partial charge in [0.1, 0.15) is 16.5 Å². The van der Waals surface area contributed by atoms with E-state index in [0.717, 1.165) is 40.6 Å². The van der Waals surface area contributed by atoms with Gasteiger partial charge in [0.25, 0.3) is 0 Å². The molecular formula is C16H21N3O2S. The highest BCUT2D eigenvalue weighted by atomic mass is 32.1. The zero-order chi connectivity index (χ0) is 15.7. The van der Waals surface area contributed by atoms with Crippen molar-refractivity contribution < 1.29 is 9.90 Å². The smallest absolute Gasteiger partial charge is 0.303 e. The quantitative estimate of drug-likeness (QED) is 0.826. The van der Waals surface area contributed by atoms with Crippen LogP contribution in [0.2, 0.25) is 0 Å². The summed E-state index contributed by atoms with van der Waals surface area (Å²) in [6, 6.07) is 0. The fourth-order valence-corrected chi connectivity index (χ4v) is 4.45. The Hall–Kier alpha value is -1.69. The molecule has 0 aromatic carbocycles. The van der Waals surface area contributed by atoms with Crippen LogP contribution in [-0.2, 0) is 17.6 Å². The number of anilines is 1. The molecule has 1 atom stereocenters. The van der Waals surface area contributed by atoms with E-state index in [2.05, 4.69) is 22.2 Å². The summed E-state index contributed by atoms with van der Waals surface area (Å²) in [5.74, 6) is 1.62. The monoisotopic (exact) mass is 319 g/mol. The van der Waals surface area contributed by atoms with Crippen LogP contribution < -0.4 is 5.32 Å². The maximum absolute atomic E-state index is 10.6. The van der Waals surface area contributed by atoms with Crippen LogP contribution in [0, 0.1) is 12.8 Å². The maximum atomic E-state index is 10.6. The van der Waals surface area contributed by atoms with Crippen molar-refractivity contribution in [2.75, 3.05) is 11.9 Å². The zero-order valence-electron chi connectivity index (χ0n) is 13.0. The van der Waals surface area contributed by atoms with Gasteiger partial charge in [-0.05, 0) is 44.1 Å². The SMILES string of the molecule is Cc1nc(NCCCC(=O)O)c2c3c(sc2n1)C[C@H](C)CC3. The highest BCUT2D eigenvalue weighted by molar-refractivity contribution is 7.19. The molecule has 22 heavy (non-hydrogen) atoms. The van der Waals surface area contributed by atoms with Gasteiger partial charge in [-0.15, -0.1) is 11.3 Å². The Labute approximate surface area is 133 Å². The second-order valence-corrected chi connectivity index (χ2v) is 7.16. The van der Waals surface area contributed by atoms with Gasteiger partial charge >= 0.3 is 5.97 Å². The minimum atomic E-state index is -0.757. The molecule has 2 aromatic rings. The number of aryl methyl sites for hydroxylation is 2. The summed E-state index contributed by atoms with van der Waals surface area (Å²) >= 11 is 1.79. The van der Waals surface area contributed by atoms with Crippen LogP contribution in [0.4, 0.5) is 5.82 Å². The number of rotatable bonds is 5.